The lowest BCUT2D eigenvalue weighted by Gasteiger charge is -2.60. The van der Waals surface area contributed by atoms with Crippen LogP contribution >= 0.6 is 0 Å². The van der Waals surface area contributed by atoms with Crippen molar-refractivity contribution in [2.45, 2.75) is 77.7 Å². The molecule has 0 aromatic heterocycles. The van der Waals surface area contributed by atoms with Gasteiger partial charge in [-0.15, -0.1) is 0 Å². The van der Waals surface area contributed by atoms with Gasteiger partial charge in [0.1, 0.15) is 0 Å². The van der Waals surface area contributed by atoms with Gasteiger partial charge in [-0.3, -0.25) is 0 Å². The lowest BCUT2D eigenvalue weighted by molar-refractivity contribution is -0.135. The lowest BCUT2D eigenvalue weighted by Crippen LogP contribution is -2.55. The van der Waals surface area contributed by atoms with Crippen LogP contribution in [0.4, 0.5) is 0 Å². The Morgan fingerprint density at radius 2 is 1.67 bits per heavy atom. The molecule has 0 amide bonds. The van der Waals surface area contributed by atoms with Crippen molar-refractivity contribution in [1.29, 1.82) is 0 Å². The summed E-state index contributed by atoms with van der Waals surface area (Å²) in [6.45, 7) is 7.11. The summed E-state index contributed by atoms with van der Waals surface area (Å²) < 4.78 is 0. The van der Waals surface area contributed by atoms with Gasteiger partial charge >= 0.3 is 0 Å². The molecule has 1 nitrogen and oxygen atoms in total. The highest BCUT2D eigenvalue weighted by Crippen LogP contribution is 2.67. The summed E-state index contributed by atoms with van der Waals surface area (Å²) >= 11 is 0. The maximum atomic E-state index is 10.9. The zero-order valence-electron chi connectivity index (χ0n) is 14.1. The molecule has 0 saturated heterocycles. The van der Waals surface area contributed by atoms with Crippen molar-refractivity contribution in [1.82, 2.24) is 0 Å². The molecule has 0 aromatic rings. The van der Waals surface area contributed by atoms with Gasteiger partial charge in [0.2, 0.25) is 0 Å². The second-order valence-corrected chi connectivity index (χ2v) is 9.30. The number of rotatable bonds is 0. The molecule has 0 radical (unpaired) electrons. The van der Waals surface area contributed by atoms with E-state index < -0.39 is 5.60 Å². The van der Waals surface area contributed by atoms with E-state index >= 15 is 0 Å². The van der Waals surface area contributed by atoms with Crippen LogP contribution in [-0.4, -0.2) is 10.7 Å². The fourth-order valence-corrected chi connectivity index (χ4v) is 7.07. The van der Waals surface area contributed by atoms with Crippen molar-refractivity contribution < 1.29 is 5.11 Å². The van der Waals surface area contributed by atoms with Gasteiger partial charge in [-0.1, -0.05) is 26.0 Å². The molecule has 0 unspecified atom stereocenters. The predicted octanol–water partition coefficient (Wildman–Crippen LogP) is 4.95. The van der Waals surface area contributed by atoms with E-state index in [-0.39, 0.29) is 5.41 Å². The SMILES string of the molecule is C[C@]12CCC=C[C@H]1CC[C@@H]1[C@@H]2CC[C@@]2(C)[C@H]1CC[C@]2(C)O. The van der Waals surface area contributed by atoms with Crippen molar-refractivity contribution in [2.24, 2.45) is 34.5 Å². The van der Waals surface area contributed by atoms with Gasteiger partial charge < -0.3 is 5.11 Å². The number of hydrogen-bond acceptors (Lipinski definition) is 1. The first-order chi connectivity index (χ1) is 9.88. The third kappa shape index (κ3) is 1.73. The maximum Gasteiger partial charge on any atom is 0.0675 e. The Morgan fingerprint density at radius 3 is 2.48 bits per heavy atom. The Balaban J connectivity index is 1.68. The Morgan fingerprint density at radius 1 is 0.905 bits per heavy atom. The summed E-state index contributed by atoms with van der Waals surface area (Å²) in [5, 5.41) is 10.9. The van der Waals surface area contributed by atoms with Crippen LogP contribution < -0.4 is 0 Å². The van der Waals surface area contributed by atoms with Crippen molar-refractivity contribution in [2.75, 3.05) is 0 Å². The lowest BCUT2D eigenvalue weighted by atomic mass is 9.45. The fourth-order valence-electron chi connectivity index (χ4n) is 7.07. The fraction of sp³-hybridized carbons (Fsp3) is 0.900. The average Bonchev–Trinajstić information content (AvgIpc) is 2.69. The summed E-state index contributed by atoms with van der Waals surface area (Å²) in [7, 11) is 0. The zero-order valence-corrected chi connectivity index (χ0v) is 14.1. The average molecular weight is 288 g/mol. The largest absolute Gasteiger partial charge is 0.390 e. The first kappa shape index (κ1) is 14.3. The molecule has 1 heteroatoms. The molecule has 3 saturated carbocycles. The molecule has 0 spiro atoms. The van der Waals surface area contributed by atoms with Gasteiger partial charge in [0, 0.05) is 0 Å². The standard InChI is InChI=1S/C20H32O/c1-18-11-5-4-6-14(18)7-8-15-16(18)9-12-19(2)17(15)10-13-20(19,3)21/h4,6,14-17,21H,5,7-13H2,1-3H3/t14-,15+,16-,17-,18-,19-,20-/m0/s1. The molecule has 21 heavy (non-hydrogen) atoms. The molecule has 4 rings (SSSR count). The first-order valence-electron chi connectivity index (χ1n) is 9.27. The van der Waals surface area contributed by atoms with Gasteiger partial charge in [-0.05, 0) is 92.8 Å². The summed E-state index contributed by atoms with van der Waals surface area (Å²) in [5.41, 5.74) is 0.308. The molecule has 4 aliphatic rings. The smallest absolute Gasteiger partial charge is 0.0675 e. The van der Waals surface area contributed by atoms with Crippen molar-refractivity contribution in [3.05, 3.63) is 12.2 Å². The van der Waals surface area contributed by atoms with Crippen LogP contribution in [0.2, 0.25) is 0 Å². The Labute approximate surface area is 130 Å². The third-order valence-corrected chi connectivity index (χ3v) is 8.72. The monoisotopic (exact) mass is 288 g/mol. The van der Waals surface area contributed by atoms with E-state index in [0.717, 1.165) is 30.1 Å². The number of allylic oxidation sites excluding steroid dienone is 2. The van der Waals surface area contributed by atoms with Crippen molar-refractivity contribution >= 4 is 0 Å². The highest BCUT2D eigenvalue weighted by molar-refractivity contribution is 5.15. The minimum absolute atomic E-state index is 0.182. The molecule has 0 bridgehead atoms. The minimum atomic E-state index is -0.424. The van der Waals surface area contributed by atoms with Gasteiger partial charge in [-0.25, -0.2) is 0 Å². The van der Waals surface area contributed by atoms with E-state index in [1.807, 2.05) is 0 Å². The predicted molar refractivity (Wildman–Crippen MR) is 86.9 cm³/mol. The summed E-state index contributed by atoms with van der Waals surface area (Å²) in [4.78, 5) is 0. The third-order valence-electron chi connectivity index (χ3n) is 8.72. The summed E-state index contributed by atoms with van der Waals surface area (Å²) in [5.74, 6) is 3.40. The molecule has 0 aromatic carbocycles. The van der Waals surface area contributed by atoms with Gasteiger partial charge in [0.25, 0.3) is 0 Å². The first-order valence-corrected chi connectivity index (χ1v) is 9.27. The molecular weight excluding hydrogens is 256 g/mol. The van der Waals surface area contributed by atoms with E-state index in [2.05, 4.69) is 32.9 Å². The van der Waals surface area contributed by atoms with E-state index in [0.29, 0.717) is 5.41 Å². The number of aliphatic hydroxyl groups is 1. The van der Waals surface area contributed by atoms with Crippen LogP contribution in [0.1, 0.15) is 72.1 Å². The number of hydrogen-bond donors (Lipinski definition) is 1. The molecule has 1 N–H and O–H groups in total. The van der Waals surface area contributed by atoms with Crippen LogP contribution in [0.15, 0.2) is 12.2 Å². The second kappa shape index (κ2) is 4.37. The Kier molecular flexibility index (Phi) is 2.98. The molecule has 4 aliphatic carbocycles. The van der Waals surface area contributed by atoms with Crippen molar-refractivity contribution in [3.63, 3.8) is 0 Å². The molecular formula is C20H32O. The zero-order chi connectivity index (χ0) is 14.9. The van der Waals surface area contributed by atoms with Crippen molar-refractivity contribution in [3.8, 4) is 0 Å². The van der Waals surface area contributed by atoms with E-state index in [9.17, 15) is 5.11 Å². The molecule has 118 valence electrons. The summed E-state index contributed by atoms with van der Waals surface area (Å²) in [6, 6.07) is 0. The van der Waals surface area contributed by atoms with Gasteiger partial charge in [0.05, 0.1) is 5.60 Å². The molecule has 0 aliphatic heterocycles. The van der Waals surface area contributed by atoms with Crippen LogP contribution in [0.5, 0.6) is 0 Å². The topological polar surface area (TPSA) is 20.2 Å². The van der Waals surface area contributed by atoms with E-state index in [1.165, 1.54) is 44.9 Å². The van der Waals surface area contributed by atoms with E-state index in [4.69, 9.17) is 0 Å². The maximum absolute atomic E-state index is 10.9. The van der Waals surface area contributed by atoms with Gasteiger partial charge in [-0.2, -0.15) is 0 Å². The van der Waals surface area contributed by atoms with E-state index in [1.54, 1.807) is 0 Å². The molecule has 7 atom stereocenters. The minimum Gasteiger partial charge on any atom is -0.390 e. The van der Waals surface area contributed by atoms with Crippen LogP contribution in [0, 0.1) is 34.5 Å². The molecule has 0 heterocycles. The summed E-state index contributed by atoms with van der Waals surface area (Å²) in [6.07, 6.45) is 15.4. The Bertz CT molecular complexity index is 464. The van der Waals surface area contributed by atoms with Crippen LogP contribution in [-0.2, 0) is 0 Å². The quantitative estimate of drug-likeness (QED) is 0.626. The highest BCUT2D eigenvalue weighted by atomic mass is 16.3. The number of fused-ring (bicyclic) bond motifs is 5. The van der Waals surface area contributed by atoms with Crippen LogP contribution in [0.3, 0.4) is 0 Å². The normalized spacial score (nSPS) is 59.2. The molecule has 3 fully saturated rings. The highest BCUT2D eigenvalue weighted by Gasteiger charge is 2.62. The van der Waals surface area contributed by atoms with Crippen LogP contribution in [0.25, 0.3) is 0 Å². The van der Waals surface area contributed by atoms with Gasteiger partial charge in [0.15, 0.2) is 0 Å². The second-order valence-electron chi connectivity index (χ2n) is 9.30. The Hall–Kier alpha value is -0.300.